The van der Waals surface area contributed by atoms with Gasteiger partial charge in [-0.3, -0.25) is 19.7 Å². The summed E-state index contributed by atoms with van der Waals surface area (Å²) in [6, 6.07) is 16.5. The molecule has 0 radical (unpaired) electrons. The molecule has 8 rings (SSSR count). The van der Waals surface area contributed by atoms with Crippen molar-refractivity contribution in [2.45, 2.75) is 124 Å². The zero-order valence-corrected chi connectivity index (χ0v) is 39.9. The molecule has 3 aromatic rings. The summed E-state index contributed by atoms with van der Waals surface area (Å²) >= 11 is 6.31. The van der Waals surface area contributed by atoms with Gasteiger partial charge in [-0.05, 0) is 122 Å². The Labute approximate surface area is 395 Å². The fourth-order valence-corrected chi connectivity index (χ4v) is 11.9. The van der Waals surface area contributed by atoms with Crippen molar-refractivity contribution in [2.24, 2.45) is 22.7 Å². The Kier molecular flexibility index (Phi) is 13.8. The highest BCUT2D eigenvalue weighted by atomic mass is 35.5. The fraction of sp³-hybridized carbons (Fsp3) is 0.464. The number of piperidine rings is 1. The van der Waals surface area contributed by atoms with Crippen LogP contribution in [0, 0.1) is 51.7 Å². The molecular weight excluding hydrogens is 847 g/mol. The second kappa shape index (κ2) is 19.4. The van der Waals surface area contributed by atoms with E-state index in [-0.39, 0.29) is 59.9 Å². The second-order valence-electron chi connectivity index (χ2n) is 20.3. The lowest BCUT2D eigenvalue weighted by Crippen LogP contribution is -2.65. The summed E-state index contributed by atoms with van der Waals surface area (Å²) in [7, 11) is 0. The van der Waals surface area contributed by atoms with Gasteiger partial charge in [-0.2, -0.15) is 5.26 Å². The molecule has 3 aromatic carbocycles. The summed E-state index contributed by atoms with van der Waals surface area (Å²) in [5.41, 5.74) is 8.69. The quantitative estimate of drug-likeness (QED) is 0.0941. The highest BCUT2D eigenvalue weighted by Gasteiger charge is 2.63. The molecule has 1 saturated heterocycles. The summed E-state index contributed by atoms with van der Waals surface area (Å²) in [6.07, 6.45) is 13.9. The Hall–Kier alpha value is -5.48. The van der Waals surface area contributed by atoms with E-state index in [1.54, 1.807) is 18.2 Å². The van der Waals surface area contributed by atoms with Crippen LogP contribution in [0.15, 0.2) is 72.3 Å². The third kappa shape index (κ3) is 9.81. The Morgan fingerprint density at radius 1 is 0.985 bits per heavy atom. The van der Waals surface area contributed by atoms with Crippen molar-refractivity contribution in [3.8, 4) is 23.7 Å². The monoisotopic (exact) mass is 908 g/mol. The first-order chi connectivity index (χ1) is 31.5. The van der Waals surface area contributed by atoms with Gasteiger partial charge in [0.25, 0.3) is 5.91 Å². The number of allylic oxidation sites excluding steroid dienone is 2. The number of benzene rings is 3. The molecule has 2 saturated carbocycles. The number of nitriles is 1. The van der Waals surface area contributed by atoms with E-state index in [2.05, 4.69) is 99.7 Å². The average Bonchev–Trinajstić information content (AvgIpc) is 3.43. The van der Waals surface area contributed by atoms with Crippen molar-refractivity contribution in [2.75, 3.05) is 19.6 Å². The van der Waals surface area contributed by atoms with Gasteiger partial charge < -0.3 is 14.5 Å². The number of carbonyl (C=O) groups is 3. The van der Waals surface area contributed by atoms with Crippen LogP contribution in [-0.2, 0) is 29.0 Å². The maximum atomic E-state index is 15.5. The van der Waals surface area contributed by atoms with Crippen LogP contribution in [0.2, 0.25) is 5.02 Å². The van der Waals surface area contributed by atoms with E-state index in [9.17, 15) is 19.6 Å². The van der Waals surface area contributed by atoms with Gasteiger partial charge in [0.05, 0.1) is 10.6 Å². The van der Waals surface area contributed by atoms with E-state index < -0.39 is 11.9 Å². The molecule has 8 nitrogen and oxygen atoms in total. The van der Waals surface area contributed by atoms with Gasteiger partial charge in [-0.1, -0.05) is 106 Å². The number of fused-ring (bicyclic) bond motifs is 1. The Balaban J connectivity index is 0.828. The minimum Gasteiger partial charge on any atom is -0.489 e. The number of nitrogens with one attached hydrogen (secondary N) is 1. The lowest BCUT2D eigenvalue weighted by Gasteiger charge is -2.61. The van der Waals surface area contributed by atoms with Crippen LogP contribution in [-0.4, -0.2) is 59.3 Å². The van der Waals surface area contributed by atoms with Crippen LogP contribution in [0.1, 0.15) is 136 Å². The van der Waals surface area contributed by atoms with Crippen LogP contribution in [0.25, 0.3) is 11.6 Å². The fourth-order valence-electron chi connectivity index (χ4n) is 11.6. The van der Waals surface area contributed by atoms with E-state index in [4.69, 9.17) is 16.3 Å². The zero-order valence-electron chi connectivity index (χ0n) is 39.1. The van der Waals surface area contributed by atoms with Gasteiger partial charge >= 0.3 is 0 Å². The predicted octanol–water partition coefficient (Wildman–Crippen LogP) is 11.0. The van der Waals surface area contributed by atoms with Crippen LogP contribution < -0.4 is 10.1 Å². The van der Waals surface area contributed by atoms with Gasteiger partial charge in [-0.25, -0.2) is 4.39 Å². The van der Waals surface area contributed by atoms with Gasteiger partial charge in [0.15, 0.2) is 0 Å². The number of aryl methyl sites for hydroxylation is 1. The van der Waals surface area contributed by atoms with Crippen molar-refractivity contribution in [3.63, 3.8) is 0 Å². The van der Waals surface area contributed by atoms with Gasteiger partial charge in [0.2, 0.25) is 11.8 Å². The maximum absolute atomic E-state index is 15.5. The third-order valence-corrected chi connectivity index (χ3v) is 15.3. The number of amides is 3. The minimum absolute atomic E-state index is 0.0821. The van der Waals surface area contributed by atoms with Crippen LogP contribution in [0.5, 0.6) is 5.75 Å². The molecule has 2 unspecified atom stereocenters. The SMILES string of the molecule is C=C(C#C[C@H]1C(C)(C)[C@H](Oc2ccc(C#N)c(Cl)c2)C1(C)C)c1ccc(/C=C2/CCCC(CN3CCC=C(Cc4cc5c(cc4F)CN(C4CCC(=O)NC4=O)C5=O)CC3)CC2)cc1CC. The molecule has 1 N–H and O–H groups in total. The Bertz CT molecular complexity index is 2610. The molecule has 0 spiro atoms. The van der Waals surface area contributed by atoms with Crippen molar-refractivity contribution in [1.82, 2.24) is 15.1 Å². The normalized spacial score (nSPS) is 24.5. The number of hydrogen-bond donors (Lipinski definition) is 1. The minimum atomic E-state index is -0.716. The molecule has 2 aliphatic carbocycles. The number of carbonyl (C=O) groups excluding carboxylic acids is 3. The molecule has 3 fully saturated rings. The van der Waals surface area contributed by atoms with E-state index in [1.165, 1.54) is 52.5 Å². The zero-order chi connectivity index (χ0) is 46.9. The van der Waals surface area contributed by atoms with E-state index in [0.717, 1.165) is 62.9 Å². The van der Waals surface area contributed by atoms with Gasteiger partial charge in [0, 0.05) is 66.6 Å². The molecule has 0 aromatic heterocycles. The van der Waals surface area contributed by atoms with Crippen molar-refractivity contribution in [1.29, 1.82) is 5.26 Å². The Morgan fingerprint density at radius 3 is 2.53 bits per heavy atom. The molecule has 66 heavy (non-hydrogen) atoms. The average molecular weight is 910 g/mol. The number of hydrogen-bond acceptors (Lipinski definition) is 6. The predicted molar refractivity (Wildman–Crippen MR) is 259 cm³/mol. The number of rotatable bonds is 10. The summed E-state index contributed by atoms with van der Waals surface area (Å²) in [4.78, 5) is 41.6. The van der Waals surface area contributed by atoms with Crippen LogP contribution >= 0.6 is 11.6 Å². The number of nitrogens with zero attached hydrogens (tertiary/aromatic N) is 3. The Morgan fingerprint density at radius 2 is 1.79 bits per heavy atom. The van der Waals surface area contributed by atoms with E-state index in [0.29, 0.717) is 45.4 Å². The summed E-state index contributed by atoms with van der Waals surface area (Å²) in [5, 5.41) is 12.0. The molecule has 344 valence electrons. The highest BCUT2D eigenvalue weighted by molar-refractivity contribution is 6.31. The van der Waals surface area contributed by atoms with Crippen molar-refractivity contribution in [3.05, 3.63) is 122 Å². The van der Waals surface area contributed by atoms with Crippen molar-refractivity contribution >= 4 is 41.0 Å². The first kappa shape index (κ1) is 47.0. The van der Waals surface area contributed by atoms with Crippen LogP contribution in [0.3, 0.4) is 0 Å². The second-order valence-corrected chi connectivity index (χ2v) is 20.7. The first-order valence-corrected chi connectivity index (χ1v) is 24.2. The standard InChI is InChI=1S/C56H62ClFN4O4/c1-7-40-28-39(16-19-45(40)35(2)13-21-50-55(3,4)54(56(50,5)6)66-44-18-17-41(32-59)47(57)31-44)26-36-10-8-11-38(15-14-36)33-61-24-9-12-37(23-25-61)27-42-29-46-43(30-48(42)58)34-62(53(46)65)49-20-22-51(63)60-52(49)64/h12,16-19,26,28-31,38,49-50,54H,2,7-11,14-15,20,22-25,27,33-34H2,1,3-6H3,(H,60,63,64)/b36-26-/t38?,49?,50-,54-. The smallest absolute Gasteiger partial charge is 0.255 e. The lowest BCUT2D eigenvalue weighted by atomic mass is 9.46. The first-order valence-electron chi connectivity index (χ1n) is 23.8. The number of imide groups is 1. The lowest BCUT2D eigenvalue weighted by molar-refractivity contribution is -0.172. The molecular formula is C56H62ClFN4O4. The largest absolute Gasteiger partial charge is 0.489 e. The topological polar surface area (TPSA) is 103 Å². The highest BCUT2D eigenvalue weighted by Crippen LogP contribution is 2.60. The third-order valence-electron chi connectivity index (χ3n) is 15.0. The molecule has 2 atom stereocenters. The summed E-state index contributed by atoms with van der Waals surface area (Å²) in [5.74, 6) is 7.04. The summed E-state index contributed by atoms with van der Waals surface area (Å²) < 4.78 is 22.0. The molecule has 3 aliphatic heterocycles. The molecule has 5 aliphatic rings. The number of halogens is 2. The van der Waals surface area contributed by atoms with Gasteiger partial charge in [0.1, 0.15) is 29.8 Å². The molecule has 0 bridgehead atoms. The van der Waals surface area contributed by atoms with Crippen molar-refractivity contribution < 1.29 is 23.5 Å². The van der Waals surface area contributed by atoms with E-state index >= 15 is 4.39 Å². The maximum Gasteiger partial charge on any atom is 0.255 e. The molecule has 10 heteroatoms. The summed E-state index contributed by atoms with van der Waals surface area (Å²) in [6.45, 7) is 18.6. The van der Waals surface area contributed by atoms with Gasteiger partial charge in [-0.15, -0.1) is 0 Å². The van der Waals surface area contributed by atoms with Crippen LogP contribution in [0.4, 0.5) is 4.39 Å². The molecule has 3 amide bonds. The number of ether oxygens (including phenoxy) is 1. The van der Waals surface area contributed by atoms with E-state index in [1.807, 2.05) is 6.07 Å². The molecule has 3 heterocycles.